The van der Waals surface area contributed by atoms with Crippen LogP contribution < -0.4 is 0 Å². The number of unbranched alkanes of at least 4 members (excludes halogenated alkanes) is 1. The van der Waals surface area contributed by atoms with Crippen molar-refractivity contribution in [1.29, 1.82) is 0 Å². The van der Waals surface area contributed by atoms with Crippen molar-refractivity contribution in [2.45, 2.75) is 32.7 Å². The number of hydrogen-bond donors (Lipinski definition) is 1. The van der Waals surface area contributed by atoms with Gasteiger partial charge in [0.25, 0.3) is 0 Å². The van der Waals surface area contributed by atoms with E-state index >= 15 is 0 Å². The van der Waals surface area contributed by atoms with E-state index in [0.717, 1.165) is 19.4 Å². The van der Waals surface area contributed by atoms with Crippen LogP contribution in [-0.2, 0) is 11.3 Å². The van der Waals surface area contributed by atoms with Crippen molar-refractivity contribution >= 4 is 5.91 Å². The van der Waals surface area contributed by atoms with E-state index < -0.39 is 0 Å². The SMILES string of the molecule is CCCCN(CCO)C(=O)CCn1cccn1. The molecule has 1 aromatic rings. The van der Waals surface area contributed by atoms with E-state index in [9.17, 15) is 4.79 Å². The van der Waals surface area contributed by atoms with Crippen LogP contribution in [0.2, 0.25) is 0 Å². The van der Waals surface area contributed by atoms with E-state index in [2.05, 4.69) is 12.0 Å². The highest BCUT2D eigenvalue weighted by Gasteiger charge is 2.12. The number of hydrogen-bond acceptors (Lipinski definition) is 3. The predicted octanol–water partition coefficient (Wildman–Crippen LogP) is 0.894. The van der Waals surface area contributed by atoms with E-state index in [-0.39, 0.29) is 12.5 Å². The summed E-state index contributed by atoms with van der Waals surface area (Å²) in [7, 11) is 0. The third kappa shape index (κ3) is 4.99. The van der Waals surface area contributed by atoms with Crippen LogP contribution in [0.1, 0.15) is 26.2 Å². The number of carbonyl (C=O) groups is 1. The summed E-state index contributed by atoms with van der Waals surface area (Å²) in [5.74, 6) is 0.0861. The zero-order valence-electron chi connectivity index (χ0n) is 10.4. The minimum absolute atomic E-state index is 0.0250. The second kappa shape index (κ2) is 7.84. The van der Waals surface area contributed by atoms with Crippen molar-refractivity contribution in [3.05, 3.63) is 18.5 Å². The fourth-order valence-corrected chi connectivity index (χ4v) is 1.63. The lowest BCUT2D eigenvalue weighted by molar-refractivity contribution is -0.132. The molecular weight excluding hydrogens is 218 g/mol. The molecule has 1 N–H and O–H groups in total. The van der Waals surface area contributed by atoms with Crippen LogP contribution in [0.15, 0.2) is 18.5 Å². The number of aromatic nitrogens is 2. The highest BCUT2D eigenvalue weighted by molar-refractivity contribution is 5.76. The van der Waals surface area contributed by atoms with Gasteiger partial charge in [-0.1, -0.05) is 13.3 Å². The van der Waals surface area contributed by atoms with Gasteiger partial charge in [-0.3, -0.25) is 9.48 Å². The highest BCUT2D eigenvalue weighted by atomic mass is 16.3. The molecule has 0 fully saturated rings. The minimum Gasteiger partial charge on any atom is -0.395 e. The van der Waals surface area contributed by atoms with Crippen LogP contribution in [0.4, 0.5) is 0 Å². The molecular formula is C12H21N3O2. The van der Waals surface area contributed by atoms with Gasteiger partial charge in [0.05, 0.1) is 6.61 Å². The molecule has 96 valence electrons. The van der Waals surface area contributed by atoms with Crippen LogP contribution in [0.3, 0.4) is 0 Å². The van der Waals surface area contributed by atoms with Gasteiger partial charge in [-0.15, -0.1) is 0 Å². The van der Waals surface area contributed by atoms with Crippen molar-refractivity contribution in [3.8, 4) is 0 Å². The van der Waals surface area contributed by atoms with Gasteiger partial charge in [0.2, 0.25) is 5.91 Å². The molecule has 0 aromatic carbocycles. The Morgan fingerprint density at radius 1 is 1.47 bits per heavy atom. The number of carbonyl (C=O) groups excluding carboxylic acids is 1. The third-order valence-electron chi connectivity index (χ3n) is 2.62. The Morgan fingerprint density at radius 3 is 2.88 bits per heavy atom. The summed E-state index contributed by atoms with van der Waals surface area (Å²) in [6, 6.07) is 1.84. The smallest absolute Gasteiger partial charge is 0.224 e. The van der Waals surface area contributed by atoms with Crippen LogP contribution in [0, 0.1) is 0 Å². The maximum atomic E-state index is 11.9. The number of aliphatic hydroxyl groups excluding tert-OH is 1. The molecule has 17 heavy (non-hydrogen) atoms. The first-order valence-electron chi connectivity index (χ1n) is 6.14. The quantitative estimate of drug-likeness (QED) is 0.733. The molecule has 0 bridgehead atoms. The zero-order chi connectivity index (χ0) is 12.5. The first-order chi connectivity index (χ1) is 8.27. The van der Waals surface area contributed by atoms with Gasteiger partial charge in [0.1, 0.15) is 0 Å². The van der Waals surface area contributed by atoms with Crippen LogP contribution in [-0.4, -0.2) is 45.4 Å². The van der Waals surface area contributed by atoms with Gasteiger partial charge in [-0.25, -0.2) is 0 Å². The Morgan fingerprint density at radius 2 is 2.29 bits per heavy atom. The maximum Gasteiger partial charge on any atom is 0.224 e. The summed E-state index contributed by atoms with van der Waals surface area (Å²) < 4.78 is 1.74. The summed E-state index contributed by atoms with van der Waals surface area (Å²) in [6.07, 6.45) is 6.01. The predicted molar refractivity (Wildman–Crippen MR) is 65.4 cm³/mol. The molecule has 0 aliphatic carbocycles. The molecule has 0 unspecified atom stereocenters. The van der Waals surface area contributed by atoms with E-state index in [1.165, 1.54) is 0 Å². The molecule has 0 radical (unpaired) electrons. The molecule has 1 aromatic heterocycles. The van der Waals surface area contributed by atoms with E-state index in [1.807, 2.05) is 12.3 Å². The van der Waals surface area contributed by atoms with Crippen molar-refractivity contribution in [2.75, 3.05) is 19.7 Å². The van der Waals surface area contributed by atoms with Gasteiger partial charge in [0, 0.05) is 38.4 Å². The summed E-state index contributed by atoms with van der Waals surface area (Å²) in [6.45, 7) is 3.87. The Balaban J connectivity index is 2.35. The molecule has 1 amide bonds. The van der Waals surface area contributed by atoms with Crippen LogP contribution in [0.25, 0.3) is 0 Å². The molecule has 0 aliphatic heterocycles. The lowest BCUT2D eigenvalue weighted by atomic mass is 10.3. The molecule has 0 aliphatic rings. The number of amides is 1. The van der Waals surface area contributed by atoms with Gasteiger partial charge in [-0.2, -0.15) is 5.10 Å². The summed E-state index contributed by atoms with van der Waals surface area (Å²) >= 11 is 0. The van der Waals surface area contributed by atoms with Gasteiger partial charge < -0.3 is 10.0 Å². The molecule has 0 spiro atoms. The molecule has 5 heteroatoms. The van der Waals surface area contributed by atoms with Crippen molar-refractivity contribution in [3.63, 3.8) is 0 Å². The number of rotatable bonds is 8. The van der Waals surface area contributed by atoms with Crippen molar-refractivity contribution in [2.24, 2.45) is 0 Å². The molecule has 0 saturated carbocycles. The Bertz CT molecular complexity index is 312. The fraction of sp³-hybridized carbons (Fsp3) is 0.667. The lowest BCUT2D eigenvalue weighted by Crippen LogP contribution is -2.34. The first kappa shape index (κ1) is 13.7. The van der Waals surface area contributed by atoms with E-state index in [0.29, 0.717) is 19.5 Å². The first-order valence-corrected chi connectivity index (χ1v) is 6.14. The van der Waals surface area contributed by atoms with Crippen LogP contribution >= 0.6 is 0 Å². The lowest BCUT2D eigenvalue weighted by Gasteiger charge is -2.21. The number of aryl methyl sites for hydroxylation is 1. The number of aliphatic hydroxyl groups is 1. The van der Waals surface area contributed by atoms with Gasteiger partial charge in [-0.05, 0) is 12.5 Å². The fourth-order valence-electron chi connectivity index (χ4n) is 1.63. The van der Waals surface area contributed by atoms with Crippen LogP contribution in [0.5, 0.6) is 0 Å². The molecule has 5 nitrogen and oxygen atoms in total. The monoisotopic (exact) mass is 239 g/mol. The Hall–Kier alpha value is -1.36. The topological polar surface area (TPSA) is 58.4 Å². The number of nitrogens with zero attached hydrogens (tertiary/aromatic N) is 3. The largest absolute Gasteiger partial charge is 0.395 e. The average molecular weight is 239 g/mol. The van der Waals surface area contributed by atoms with Crippen molar-refractivity contribution < 1.29 is 9.90 Å². The van der Waals surface area contributed by atoms with E-state index in [1.54, 1.807) is 15.8 Å². The standard InChI is InChI=1S/C12H21N3O2/c1-2-3-7-14(10-11-16)12(17)5-9-15-8-4-6-13-15/h4,6,8,16H,2-3,5,7,9-11H2,1H3. The third-order valence-corrected chi connectivity index (χ3v) is 2.62. The molecule has 1 rings (SSSR count). The zero-order valence-corrected chi connectivity index (χ0v) is 10.4. The average Bonchev–Trinajstić information content (AvgIpc) is 2.84. The van der Waals surface area contributed by atoms with E-state index in [4.69, 9.17) is 5.11 Å². The normalized spacial score (nSPS) is 10.5. The maximum absolute atomic E-state index is 11.9. The molecule has 1 heterocycles. The van der Waals surface area contributed by atoms with Gasteiger partial charge in [0.15, 0.2) is 0 Å². The summed E-state index contributed by atoms with van der Waals surface area (Å²) in [5.41, 5.74) is 0. The molecule has 0 saturated heterocycles. The highest BCUT2D eigenvalue weighted by Crippen LogP contribution is 2.00. The summed E-state index contributed by atoms with van der Waals surface area (Å²) in [5, 5.41) is 13.0. The Labute approximate surface area is 102 Å². The second-order valence-electron chi connectivity index (χ2n) is 3.98. The minimum atomic E-state index is 0.0250. The van der Waals surface area contributed by atoms with Gasteiger partial charge >= 0.3 is 0 Å². The second-order valence-corrected chi connectivity index (χ2v) is 3.98. The molecule has 0 atom stereocenters. The van der Waals surface area contributed by atoms with Crippen molar-refractivity contribution in [1.82, 2.24) is 14.7 Å². The Kier molecular flexibility index (Phi) is 6.32. The summed E-state index contributed by atoms with van der Waals surface area (Å²) in [4.78, 5) is 13.6.